The highest BCUT2D eigenvalue weighted by Crippen LogP contribution is 2.16. The van der Waals surface area contributed by atoms with Crippen LogP contribution in [0.1, 0.15) is 20.8 Å². The molecule has 1 aromatic heterocycles. The van der Waals surface area contributed by atoms with E-state index in [2.05, 4.69) is 25.8 Å². The minimum atomic E-state index is 0.0422. The number of anilines is 1. The van der Waals surface area contributed by atoms with E-state index in [1.165, 1.54) is 0 Å². The quantitative estimate of drug-likeness (QED) is 0.587. The van der Waals surface area contributed by atoms with Crippen molar-refractivity contribution in [3.63, 3.8) is 0 Å². The SMILES string of the molecule is CC(C)(C)n1cncc1N. The van der Waals surface area contributed by atoms with Crippen LogP contribution in [0.25, 0.3) is 0 Å². The van der Waals surface area contributed by atoms with Gasteiger partial charge in [0.2, 0.25) is 0 Å². The van der Waals surface area contributed by atoms with Crippen LogP contribution < -0.4 is 5.73 Å². The van der Waals surface area contributed by atoms with Crippen molar-refractivity contribution in [3.05, 3.63) is 12.5 Å². The van der Waals surface area contributed by atoms with Crippen LogP contribution in [0.15, 0.2) is 12.5 Å². The monoisotopic (exact) mass is 139 g/mol. The van der Waals surface area contributed by atoms with Gasteiger partial charge in [0.05, 0.1) is 12.5 Å². The van der Waals surface area contributed by atoms with Crippen molar-refractivity contribution in [2.45, 2.75) is 26.3 Å². The first kappa shape index (κ1) is 7.12. The molecule has 56 valence electrons. The molecule has 3 nitrogen and oxygen atoms in total. The average Bonchev–Trinajstić information content (AvgIpc) is 2.11. The fourth-order valence-corrected chi connectivity index (χ4v) is 0.866. The van der Waals surface area contributed by atoms with Crippen LogP contribution in [0.4, 0.5) is 5.82 Å². The van der Waals surface area contributed by atoms with Gasteiger partial charge in [-0.2, -0.15) is 0 Å². The highest BCUT2D eigenvalue weighted by molar-refractivity contribution is 5.26. The summed E-state index contributed by atoms with van der Waals surface area (Å²) < 4.78 is 1.94. The molecule has 1 rings (SSSR count). The Hall–Kier alpha value is -0.990. The van der Waals surface area contributed by atoms with Crippen molar-refractivity contribution < 1.29 is 0 Å². The third-order valence-corrected chi connectivity index (χ3v) is 1.39. The van der Waals surface area contributed by atoms with E-state index in [1.807, 2.05) is 4.57 Å². The molecule has 10 heavy (non-hydrogen) atoms. The predicted molar refractivity (Wildman–Crippen MR) is 41.6 cm³/mol. The van der Waals surface area contributed by atoms with E-state index in [-0.39, 0.29) is 5.54 Å². The minimum Gasteiger partial charge on any atom is -0.384 e. The van der Waals surface area contributed by atoms with Gasteiger partial charge >= 0.3 is 0 Å². The van der Waals surface area contributed by atoms with Crippen molar-refractivity contribution >= 4 is 5.82 Å². The maximum Gasteiger partial charge on any atom is 0.123 e. The van der Waals surface area contributed by atoms with Crippen molar-refractivity contribution in [1.82, 2.24) is 9.55 Å². The third kappa shape index (κ3) is 1.12. The second-order valence-corrected chi connectivity index (χ2v) is 3.36. The first-order valence-electron chi connectivity index (χ1n) is 3.30. The van der Waals surface area contributed by atoms with Crippen molar-refractivity contribution in [1.29, 1.82) is 0 Å². The van der Waals surface area contributed by atoms with Crippen LogP contribution in [-0.2, 0) is 5.54 Å². The number of nitrogens with two attached hydrogens (primary N) is 1. The molecule has 0 fully saturated rings. The minimum absolute atomic E-state index is 0.0422. The van der Waals surface area contributed by atoms with E-state index in [9.17, 15) is 0 Å². The molecule has 2 N–H and O–H groups in total. The molecular weight excluding hydrogens is 126 g/mol. The summed E-state index contributed by atoms with van der Waals surface area (Å²) in [6.07, 6.45) is 3.40. The van der Waals surface area contributed by atoms with Gasteiger partial charge < -0.3 is 10.3 Å². The lowest BCUT2D eigenvalue weighted by molar-refractivity contribution is 0.402. The number of aromatic nitrogens is 2. The molecule has 0 aliphatic rings. The molecule has 0 spiro atoms. The zero-order valence-corrected chi connectivity index (χ0v) is 6.63. The standard InChI is InChI=1S/C7H13N3/c1-7(2,3)10-5-9-4-6(10)8/h4-5H,8H2,1-3H3. The average molecular weight is 139 g/mol. The van der Waals surface area contributed by atoms with Crippen molar-refractivity contribution in [2.75, 3.05) is 5.73 Å². The second kappa shape index (κ2) is 2.01. The van der Waals surface area contributed by atoms with Crippen LogP contribution in [0.3, 0.4) is 0 Å². The molecule has 0 atom stereocenters. The molecule has 0 aliphatic heterocycles. The second-order valence-electron chi connectivity index (χ2n) is 3.36. The molecule has 0 aliphatic carbocycles. The van der Waals surface area contributed by atoms with E-state index in [0.29, 0.717) is 5.82 Å². The fourth-order valence-electron chi connectivity index (χ4n) is 0.866. The van der Waals surface area contributed by atoms with Crippen LogP contribution >= 0.6 is 0 Å². The molecular formula is C7H13N3. The number of nitrogens with zero attached hydrogens (tertiary/aromatic N) is 2. The van der Waals surface area contributed by atoms with Crippen molar-refractivity contribution in [2.24, 2.45) is 0 Å². The van der Waals surface area contributed by atoms with Gasteiger partial charge in [0.25, 0.3) is 0 Å². The largest absolute Gasteiger partial charge is 0.384 e. The van der Waals surface area contributed by atoms with Crippen LogP contribution in [0.5, 0.6) is 0 Å². The predicted octanol–water partition coefficient (Wildman–Crippen LogP) is 1.22. The summed E-state index contributed by atoms with van der Waals surface area (Å²) in [6, 6.07) is 0. The maximum absolute atomic E-state index is 5.63. The zero-order valence-electron chi connectivity index (χ0n) is 6.63. The summed E-state index contributed by atoms with van der Waals surface area (Å²) in [4.78, 5) is 3.93. The van der Waals surface area contributed by atoms with Gasteiger partial charge in [-0.15, -0.1) is 0 Å². The number of nitrogen functional groups attached to an aromatic ring is 1. The number of rotatable bonds is 0. The molecule has 0 saturated carbocycles. The highest BCUT2D eigenvalue weighted by Gasteiger charge is 2.13. The lowest BCUT2D eigenvalue weighted by Gasteiger charge is -2.21. The van der Waals surface area contributed by atoms with Gasteiger partial charge in [-0.25, -0.2) is 4.98 Å². The van der Waals surface area contributed by atoms with Gasteiger partial charge in [-0.1, -0.05) is 0 Å². The van der Waals surface area contributed by atoms with Crippen LogP contribution in [-0.4, -0.2) is 9.55 Å². The summed E-state index contributed by atoms with van der Waals surface area (Å²) in [7, 11) is 0. The number of imidazole rings is 1. The molecule has 3 heteroatoms. The van der Waals surface area contributed by atoms with Gasteiger partial charge in [0.15, 0.2) is 0 Å². The Bertz CT molecular complexity index is 219. The fraction of sp³-hybridized carbons (Fsp3) is 0.571. The smallest absolute Gasteiger partial charge is 0.123 e. The zero-order chi connectivity index (χ0) is 7.78. The Morgan fingerprint density at radius 2 is 2.10 bits per heavy atom. The highest BCUT2D eigenvalue weighted by atomic mass is 15.1. The van der Waals surface area contributed by atoms with E-state index < -0.39 is 0 Å². The Labute approximate surface area is 60.9 Å². The van der Waals surface area contributed by atoms with Crippen molar-refractivity contribution in [3.8, 4) is 0 Å². The Morgan fingerprint density at radius 1 is 1.50 bits per heavy atom. The van der Waals surface area contributed by atoms with Crippen LogP contribution in [0.2, 0.25) is 0 Å². The van der Waals surface area contributed by atoms with E-state index in [0.717, 1.165) is 0 Å². The van der Waals surface area contributed by atoms with E-state index in [4.69, 9.17) is 5.73 Å². The van der Waals surface area contributed by atoms with Gasteiger partial charge in [0, 0.05) is 5.54 Å². The molecule has 0 aromatic carbocycles. The third-order valence-electron chi connectivity index (χ3n) is 1.39. The maximum atomic E-state index is 5.63. The Morgan fingerprint density at radius 3 is 2.30 bits per heavy atom. The summed E-state index contributed by atoms with van der Waals surface area (Å²) in [5, 5.41) is 0. The topological polar surface area (TPSA) is 43.8 Å². The van der Waals surface area contributed by atoms with E-state index >= 15 is 0 Å². The van der Waals surface area contributed by atoms with Gasteiger partial charge in [-0.05, 0) is 20.8 Å². The summed E-state index contributed by atoms with van der Waals surface area (Å²) in [5.41, 5.74) is 5.67. The first-order chi connectivity index (χ1) is 4.52. The lowest BCUT2D eigenvalue weighted by atomic mass is 10.1. The molecule has 0 amide bonds. The Kier molecular flexibility index (Phi) is 1.43. The summed E-state index contributed by atoms with van der Waals surface area (Å²) in [5.74, 6) is 0.715. The molecule has 0 saturated heterocycles. The molecule has 0 radical (unpaired) electrons. The summed E-state index contributed by atoms with van der Waals surface area (Å²) in [6.45, 7) is 6.26. The molecule has 0 bridgehead atoms. The normalized spacial score (nSPS) is 11.9. The van der Waals surface area contributed by atoms with Crippen LogP contribution in [0, 0.1) is 0 Å². The molecule has 1 aromatic rings. The Balaban J connectivity index is 3.05. The summed E-state index contributed by atoms with van der Waals surface area (Å²) >= 11 is 0. The number of hydrogen-bond acceptors (Lipinski definition) is 2. The number of hydrogen-bond donors (Lipinski definition) is 1. The lowest BCUT2D eigenvalue weighted by Crippen LogP contribution is -2.22. The van der Waals surface area contributed by atoms with E-state index in [1.54, 1.807) is 12.5 Å². The molecule has 1 heterocycles. The molecule has 0 unspecified atom stereocenters. The van der Waals surface area contributed by atoms with Gasteiger partial charge in [0.1, 0.15) is 5.82 Å². The first-order valence-corrected chi connectivity index (χ1v) is 3.30. The van der Waals surface area contributed by atoms with Gasteiger partial charge in [-0.3, -0.25) is 0 Å².